The lowest BCUT2D eigenvalue weighted by Crippen LogP contribution is -2.13. The third-order valence-electron chi connectivity index (χ3n) is 2.49. The van der Waals surface area contributed by atoms with E-state index in [1.807, 2.05) is 6.08 Å². The van der Waals surface area contributed by atoms with Gasteiger partial charge >= 0.3 is 5.69 Å². The smallest absolute Gasteiger partial charge is 0.306 e. The molecule has 2 aliphatic carbocycles. The normalized spacial score (nSPS) is 23.1. The summed E-state index contributed by atoms with van der Waals surface area (Å²) in [6.07, 6.45) is 6.25. The summed E-state index contributed by atoms with van der Waals surface area (Å²) in [6, 6.07) is 0. The quantitative estimate of drug-likeness (QED) is 0.597. The van der Waals surface area contributed by atoms with Gasteiger partial charge in [-0.25, -0.2) is 4.79 Å². The molecule has 0 aromatic carbocycles. The second-order valence-corrected chi connectivity index (χ2v) is 3.26. The van der Waals surface area contributed by atoms with Crippen LogP contribution in [0, 0.1) is 5.92 Å². The van der Waals surface area contributed by atoms with Crippen LogP contribution in [0.5, 0.6) is 0 Å². The molecular weight excluding hydrogens is 152 g/mol. The summed E-state index contributed by atoms with van der Waals surface area (Å²) in [6.45, 7) is 0. The van der Waals surface area contributed by atoms with Crippen molar-refractivity contribution in [3.05, 3.63) is 34.0 Å². The number of hydrogen-bond donors (Lipinski definition) is 1. The zero-order valence-corrected chi connectivity index (χ0v) is 6.66. The number of nitrogens with zero attached hydrogens (tertiary/aromatic N) is 1. The molecule has 3 heteroatoms. The Labute approximate surface area is 69.0 Å². The summed E-state index contributed by atoms with van der Waals surface area (Å²) in [4.78, 5) is 14.0. The van der Waals surface area contributed by atoms with Gasteiger partial charge in [-0.2, -0.15) is 0 Å². The number of rotatable bonds is 0. The van der Waals surface area contributed by atoms with Crippen LogP contribution >= 0.6 is 0 Å². The van der Waals surface area contributed by atoms with Gasteiger partial charge in [0.2, 0.25) is 0 Å². The van der Waals surface area contributed by atoms with Crippen LogP contribution in [0.25, 0.3) is 11.6 Å². The van der Waals surface area contributed by atoms with Crippen LogP contribution in [-0.4, -0.2) is 9.55 Å². The first-order valence-corrected chi connectivity index (χ1v) is 3.96. The molecule has 0 amide bonds. The van der Waals surface area contributed by atoms with Crippen LogP contribution in [0.3, 0.4) is 0 Å². The van der Waals surface area contributed by atoms with Crippen molar-refractivity contribution in [1.29, 1.82) is 0 Å². The molecule has 0 fully saturated rings. The van der Waals surface area contributed by atoms with Gasteiger partial charge in [-0.05, 0) is 11.6 Å². The van der Waals surface area contributed by atoms with E-state index < -0.39 is 0 Å². The number of nitrogens with one attached hydrogen (secondary N) is 1. The van der Waals surface area contributed by atoms with E-state index in [4.69, 9.17) is 0 Å². The van der Waals surface area contributed by atoms with Crippen molar-refractivity contribution in [3.63, 3.8) is 0 Å². The average Bonchev–Trinajstić information content (AvgIpc) is 2.76. The summed E-state index contributed by atoms with van der Waals surface area (Å²) < 4.78 is 1.67. The first kappa shape index (κ1) is 6.06. The summed E-state index contributed by atoms with van der Waals surface area (Å²) in [5, 5.41) is 0. The molecule has 12 heavy (non-hydrogen) atoms. The molecule has 0 saturated carbocycles. The molecule has 0 saturated heterocycles. The van der Waals surface area contributed by atoms with E-state index in [1.54, 1.807) is 11.6 Å². The predicted octanol–water partition coefficient (Wildman–Crippen LogP) is 0.753. The Bertz CT molecular complexity index is 473. The first-order chi connectivity index (χ1) is 5.77. The van der Waals surface area contributed by atoms with Gasteiger partial charge in [0.25, 0.3) is 0 Å². The molecule has 1 atom stereocenters. The number of hydrogen-bond acceptors (Lipinski definition) is 1. The van der Waals surface area contributed by atoms with Crippen molar-refractivity contribution < 1.29 is 0 Å². The van der Waals surface area contributed by atoms with Crippen LogP contribution in [0.2, 0.25) is 0 Å². The molecule has 0 radical (unpaired) electrons. The molecule has 1 heterocycles. The Morgan fingerprint density at radius 3 is 3.25 bits per heavy atom. The van der Waals surface area contributed by atoms with Gasteiger partial charge in [0.05, 0.1) is 11.4 Å². The monoisotopic (exact) mass is 160 g/mol. The van der Waals surface area contributed by atoms with Crippen molar-refractivity contribution in [2.75, 3.05) is 0 Å². The molecule has 0 bridgehead atoms. The molecule has 3 rings (SSSR count). The van der Waals surface area contributed by atoms with Gasteiger partial charge in [-0.15, -0.1) is 0 Å². The zero-order valence-electron chi connectivity index (χ0n) is 6.66. The highest BCUT2D eigenvalue weighted by atomic mass is 16.1. The molecule has 0 spiro atoms. The molecule has 0 aliphatic heterocycles. The maximum atomic E-state index is 11.2. The maximum Gasteiger partial charge on any atom is 0.326 e. The van der Waals surface area contributed by atoms with Crippen LogP contribution in [-0.2, 0) is 7.05 Å². The van der Waals surface area contributed by atoms with Crippen molar-refractivity contribution >= 4 is 11.6 Å². The molecular formula is C9H8N2O. The summed E-state index contributed by atoms with van der Waals surface area (Å²) in [5.41, 5.74) is 3.27. The topological polar surface area (TPSA) is 37.8 Å². The lowest BCUT2D eigenvalue weighted by atomic mass is 10.1. The maximum absolute atomic E-state index is 11.2. The van der Waals surface area contributed by atoms with E-state index in [1.165, 1.54) is 5.57 Å². The molecule has 3 nitrogen and oxygen atoms in total. The largest absolute Gasteiger partial charge is 0.326 e. The number of aromatic amines is 1. The highest BCUT2D eigenvalue weighted by Crippen LogP contribution is 2.43. The van der Waals surface area contributed by atoms with Gasteiger partial charge in [-0.3, -0.25) is 4.57 Å². The second-order valence-electron chi connectivity index (χ2n) is 3.26. The lowest BCUT2D eigenvalue weighted by Gasteiger charge is -2.03. The van der Waals surface area contributed by atoms with E-state index in [-0.39, 0.29) is 5.69 Å². The molecule has 1 aromatic rings. The van der Waals surface area contributed by atoms with Crippen molar-refractivity contribution in [2.45, 2.75) is 0 Å². The van der Waals surface area contributed by atoms with Gasteiger partial charge in [0.1, 0.15) is 0 Å². The third-order valence-corrected chi connectivity index (χ3v) is 2.49. The van der Waals surface area contributed by atoms with Gasteiger partial charge in [-0.1, -0.05) is 12.2 Å². The summed E-state index contributed by atoms with van der Waals surface area (Å²) in [5.74, 6) is 0.499. The molecule has 60 valence electrons. The fraction of sp³-hybridized carbons (Fsp3) is 0.222. The lowest BCUT2D eigenvalue weighted by molar-refractivity contribution is 0.847. The van der Waals surface area contributed by atoms with Gasteiger partial charge < -0.3 is 4.98 Å². The fourth-order valence-corrected chi connectivity index (χ4v) is 1.75. The highest BCUT2D eigenvalue weighted by Gasteiger charge is 2.31. The third kappa shape index (κ3) is 0.548. The number of aromatic nitrogens is 2. The first-order valence-electron chi connectivity index (χ1n) is 3.96. The Morgan fingerprint density at radius 2 is 2.42 bits per heavy atom. The van der Waals surface area contributed by atoms with Crippen molar-refractivity contribution in [3.8, 4) is 0 Å². The average molecular weight is 160 g/mol. The SMILES string of the molecule is Cn1c2c([nH]c1=O)C=C[C@@H]1C=C21. The van der Waals surface area contributed by atoms with Crippen LogP contribution < -0.4 is 5.69 Å². The minimum absolute atomic E-state index is 0.0295. The predicted molar refractivity (Wildman–Crippen MR) is 46.5 cm³/mol. The molecule has 0 unspecified atom stereocenters. The van der Waals surface area contributed by atoms with Crippen molar-refractivity contribution in [1.82, 2.24) is 9.55 Å². The molecule has 1 aromatic heterocycles. The Kier molecular flexibility index (Phi) is 0.822. The standard InChI is InChI=1S/C9H8N2O/c1-11-8-6-4-5(6)2-3-7(8)10-9(11)12/h2-5H,1H3,(H,10,12)/t5-/m1/s1. The van der Waals surface area contributed by atoms with Crippen LogP contribution in [0.4, 0.5) is 0 Å². The Hall–Kier alpha value is -1.51. The minimum Gasteiger partial charge on any atom is -0.306 e. The Balaban J connectivity index is 2.41. The fourth-order valence-electron chi connectivity index (χ4n) is 1.75. The highest BCUT2D eigenvalue weighted by molar-refractivity contribution is 5.88. The van der Waals surface area contributed by atoms with E-state index >= 15 is 0 Å². The summed E-state index contributed by atoms with van der Waals surface area (Å²) >= 11 is 0. The van der Waals surface area contributed by atoms with E-state index in [2.05, 4.69) is 17.1 Å². The van der Waals surface area contributed by atoms with Gasteiger partial charge in [0.15, 0.2) is 0 Å². The number of allylic oxidation sites excluding steroid dienone is 3. The van der Waals surface area contributed by atoms with Crippen LogP contribution in [0.15, 0.2) is 16.9 Å². The van der Waals surface area contributed by atoms with E-state index in [0.29, 0.717) is 5.92 Å². The molecule has 1 N–H and O–H groups in total. The second kappa shape index (κ2) is 1.63. The minimum atomic E-state index is -0.0295. The number of H-pyrrole nitrogens is 1. The van der Waals surface area contributed by atoms with Gasteiger partial charge in [0, 0.05) is 13.0 Å². The Morgan fingerprint density at radius 1 is 1.58 bits per heavy atom. The van der Waals surface area contributed by atoms with Crippen LogP contribution in [0.1, 0.15) is 11.4 Å². The molecule has 2 aliphatic rings. The number of fused-ring (bicyclic) bond motifs is 3. The van der Waals surface area contributed by atoms with Crippen molar-refractivity contribution in [2.24, 2.45) is 13.0 Å². The van der Waals surface area contributed by atoms with E-state index in [9.17, 15) is 4.79 Å². The summed E-state index contributed by atoms with van der Waals surface area (Å²) in [7, 11) is 1.80. The zero-order chi connectivity index (χ0) is 8.29. The number of imidazole rings is 1. The van der Waals surface area contributed by atoms with E-state index in [0.717, 1.165) is 11.4 Å².